The molecule has 1 aromatic rings. The van der Waals surface area contributed by atoms with E-state index in [1.54, 1.807) is 0 Å². The van der Waals surface area contributed by atoms with E-state index in [9.17, 15) is 0 Å². The lowest BCUT2D eigenvalue weighted by Gasteiger charge is -1.94. The molecule has 0 atom stereocenters. The van der Waals surface area contributed by atoms with Crippen molar-refractivity contribution in [2.24, 2.45) is 0 Å². The monoisotopic (exact) mass is 149 g/mol. The van der Waals surface area contributed by atoms with Crippen LogP contribution in [0.3, 0.4) is 0 Å². The highest BCUT2D eigenvalue weighted by Crippen LogP contribution is 2.07. The highest BCUT2D eigenvalue weighted by atomic mass is 35.5. The SMILES string of the molecule is [2H]c1nc(Cl)c(C([2H])([2H])[2H])nc1C([2H])([2H])[2H]. The lowest BCUT2D eigenvalue weighted by Crippen LogP contribution is -1.88. The quantitative estimate of drug-likeness (QED) is 0.562. The van der Waals surface area contributed by atoms with Crippen LogP contribution >= 0.6 is 11.6 Å². The number of nitrogens with zero attached hydrogens (tertiary/aromatic N) is 2. The van der Waals surface area contributed by atoms with Crippen molar-refractivity contribution >= 4 is 11.6 Å². The molecule has 0 N–H and O–H groups in total. The highest BCUT2D eigenvalue weighted by molar-refractivity contribution is 6.29. The van der Waals surface area contributed by atoms with Crippen molar-refractivity contribution in [2.45, 2.75) is 13.7 Å². The van der Waals surface area contributed by atoms with E-state index in [2.05, 4.69) is 9.97 Å². The molecule has 0 aliphatic carbocycles. The van der Waals surface area contributed by atoms with Gasteiger partial charge in [-0.1, -0.05) is 11.6 Å². The zero-order valence-corrected chi connectivity index (χ0v) is 5.03. The first-order valence-corrected chi connectivity index (χ1v) is 2.46. The van der Waals surface area contributed by atoms with Crippen LogP contribution in [-0.2, 0) is 0 Å². The second-order valence-electron chi connectivity index (χ2n) is 1.32. The van der Waals surface area contributed by atoms with Crippen molar-refractivity contribution in [1.29, 1.82) is 0 Å². The normalized spacial score (nSPS) is 23.9. The topological polar surface area (TPSA) is 25.8 Å². The van der Waals surface area contributed by atoms with Crippen molar-refractivity contribution in [2.75, 3.05) is 0 Å². The van der Waals surface area contributed by atoms with Crippen LogP contribution in [0.4, 0.5) is 0 Å². The fraction of sp³-hybridized carbons (Fsp3) is 0.333. The van der Waals surface area contributed by atoms with Crippen LogP contribution in [0.1, 0.15) is 21.0 Å². The Bertz CT molecular complexity index is 375. The molecule has 2 nitrogen and oxygen atoms in total. The second kappa shape index (κ2) is 2.31. The largest absolute Gasteiger partial charge is 0.254 e. The van der Waals surface area contributed by atoms with Gasteiger partial charge in [0.15, 0.2) is 0 Å². The molecule has 1 heterocycles. The fourth-order valence-electron chi connectivity index (χ4n) is 0.338. The Labute approximate surface area is 68.7 Å². The minimum Gasteiger partial charge on any atom is -0.254 e. The Morgan fingerprint density at radius 2 is 2.67 bits per heavy atom. The molecular weight excluding hydrogens is 136 g/mol. The Hall–Kier alpha value is -0.630. The van der Waals surface area contributed by atoms with Gasteiger partial charge in [0.25, 0.3) is 0 Å². The maximum absolute atomic E-state index is 7.27. The van der Waals surface area contributed by atoms with Gasteiger partial charge in [-0.3, -0.25) is 4.98 Å². The summed E-state index contributed by atoms with van der Waals surface area (Å²) >= 11 is 5.50. The average Bonchev–Trinajstić information content (AvgIpc) is 1.97. The molecule has 0 aliphatic heterocycles. The highest BCUT2D eigenvalue weighted by Gasteiger charge is 1.94. The number of hydrogen-bond acceptors (Lipinski definition) is 2. The van der Waals surface area contributed by atoms with Crippen LogP contribution in [0, 0.1) is 13.7 Å². The van der Waals surface area contributed by atoms with Gasteiger partial charge in [-0.15, -0.1) is 0 Å². The third-order valence-corrected chi connectivity index (χ3v) is 0.942. The summed E-state index contributed by atoms with van der Waals surface area (Å²) in [5, 5.41) is -0.474. The van der Waals surface area contributed by atoms with Crippen LogP contribution in [0.25, 0.3) is 0 Å². The maximum Gasteiger partial charge on any atom is 0.150 e. The molecule has 0 unspecified atom stereocenters. The molecule has 1 aromatic heterocycles. The Kier molecular flexibility index (Phi) is 0.495. The summed E-state index contributed by atoms with van der Waals surface area (Å²) < 4.78 is 49.7. The second-order valence-corrected chi connectivity index (χ2v) is 1.68. The van der Waals surface area contributed by atoms with Crippen LogP contribution in [0.5, 0.6) is 0 Å². The molecule has 0 bridgehead atoms. The average molecular weight is 150 g/mol. The van der Waals surface area contributed by atoms with Gasteiger partial charge in [0.2, 0.25) is 0 Å². The first-order chi connectivity index (χ1) is 7.03. The molecule has 48 valence electrons. The molecule has 0 amide bonds. The zero-order valence-electron chi connectivity index (χ0n) is 11.3. The van der Waals surface area contributed by atoms with Gasteiger partial charge in [-0.25, -0.2) is 4.98 Å². The van der Waals surface area contributed by atoms with E-state index in [1.165, 1.54) is 0 Å². The summed E-state index contributed by atoms with van der Waals surface area (Å²) in [7, 11) is 0. The van der Waals surface area contributed by atoms with Gasteiger partial charge in [0.1, 0.15) is 5.15 Å². The van der Waals surface area contributed by atoms with Gasteiger partial charge >= 0.3 is 0 Å². The van der Waals surface area contributed by atoms with Gasteiger partial charge in [0.05, 0.1) is 12.8 Å². The smallest absolute Gasteiger partial charge is 0.150 e. The van der Waals surface area contributed by atoms with E-state index < -0.39 is 36.4 Å². The summed E-state index contributed by atoms with van der Waals surface area (Å²) in [5.41, 5.74) is -1.26. The minimum atomic E-state index is -2.69. The van der Waals surface area contributed by atoms with Gasteiger partial charge < -0.3 is 0 Å². The Morgan fingerprint density at radius 1 is 1.78 bits per heavy atom. The molecule has 3 heteroatoms. The third-order valence-electron chi connectivity index (χ3n) is 0.679. The first-order valence-electron chi connectivity index (χ1n) is 5.58. The minimum absolute atomic E-state index is 0.474. The predicted octanol–water partition coefficient (Wildman–Crippen LogP) is 1.75. The predicted molar refractivity (Wildman–Crippen MR) is 36.5 cm³/mol. The summed E-state index contributed by atoms with van der Waals surface area (Å²) in [6, 6.07) is 0. The molecule has 0 aliphatic rings. The molecule has 0 spiro atoms. The van der Waals surface area contributed by atoms with Crippen molar-refractivity contribution in [1.82, 2.24) is 9.97 Å². The summed E-state index contributed by atoms with van der Waals surface area (Å²) in [6.07, 6.45) is -0.641. The number of rotatable bonds is 0. The van der Waals surface area contributed by atoms with E-state index in [1.807, 2.05) is 0 Å². The first kappa shape index (κ1) is 1.92. The third kappa shape index (κ3) is 1.39. The number of halogens is 1. The summed E-state index contributed by atoms with van der Waals surface area (Å²) in [5.74, 6) is 0. The fourth-order valence-corrected chi connectivity index (χ4v) is 0.422. The van der Waals surface area contributed by atoms with E-state index in [-0.39, 0.29) is 0 Å². The van der Waals surface area contributed by atoms with Crippen molar-refractivity contribution < 1.29 is 9.60 Å². The van der Waals surface area contributed by atoms with E-state index >= 15 is 0 Å². The molecule has 0 fully saturated rings. The molecular formula is C6H7ClN2. The van der Waals surface area contributed by atoms with Crippen LogP contribution in [0.2, 0.25) is 5.15 Å². The number of aryl methyl sites for hydroxylation is 2. The molecule has 0 radical (unpaired) electrons. The standard InChI is InChI=1S/C6H7ClN2/c1-4-3-8-6(7)5(2)9-4/h3H,1-2H3/i1D3,2D3,3D. The van der Waals surface area contributed by atoms with Crippen LogP contribution in [-0.4, -0.2) is 9.97 Å². The van der Waals surface area contributed by atoms with Crippen molar-refractivity contribution in [3.63, 3.8) is 0 Å². The summed E-state index contributed by atoms with van der Waals surface area (Å²) in [4.78, 5) is 6.76. The van der Waals surface area contributed by atoms with Crippen molar-refractivity contribution in [3.8, 4) is 0 Å². The van der Waals surface area contributed by atoms with Crippen LogP contribution < -0.4 is 0 Å². The van der Waals surface area contributed by atoms with E-state index in [4.69, 9.17) is 21.2 Å². The number of aromatic nitrogens is 2. The molecule has 9 heavy (non-hydrogen) atoms. The summed E-state index contributed by atoms with van der Waals surface area (Å²) in [6.45, 7) is -5.34. The van der Waals surface area contributed by atoms with Gasteiger partial charge in [-0.05, 0) is 13.7 Å². The van der Waals surface area contributed by atoms with Crippen LogP contribution in [0.15, 0.2) is 6.17 Å². The van der Waals surface area contributed by atoms with Gasteiger partial charge in [-0.2, -0.15) is 0 Å². The van der Waals surface area contributed by atoms with E-state index in [0.717, 1.165) is 0 Å². The zero-order chi connectivity index (χ0) is 12.7. The Balaban J connectivity index is 3.45. The molecule has 0 saturated carbocycles. The molecule has 0 aromatic carbocycles. The maximum atomic E-state index is 7.27. The molecule has 1 rings (SSSR count). The number of hydrogen-bond donors (Lipinski definition) is 0. The van der Waals surface area contributed by atoms with E-state index in [0.29, 0.717) is 0 Å². The lowest BCUT2D eigenvalue weighted by molar-refractivity contribution is 1.05. The van der Waals surface area contributed by atoms with Crippen molar-refractivity contribution in [3.05, 3.63) is 22.7 Å². The molecule has 0 saturated heterocycles. The Morgan fingerprint density at radius 3 is 3.33 bits per heavy atom. The van der Waals surface area contributed by atoms with Gasteiger partial charge in [0, 0.05) is 14.4 Å². The lowest BCUT2D eigenvalue weighted by atomic mass is 10.4.